The summed E-state index contributed by atoms with van der Waals surface area (Å²) in [6.45, 7) is 2.65. The first-order valence-corrected chi connectivity index (χ1v) is 4.38. The highest BCUT2D eigenvalue weighted by Crippen LogP contribution is 2.05. The zero-order valence-corrected chi connectivity index (χ0v) is 8.03. The average Bonchev–Trinajstić information content (AvgIpc) is 2.48. The van der Waals surface area contributed by atoms with Crippen molar-refractivity contribution in [3.63, 3.8) is 0 Å². The predicted octanol–water partition coefficient (Wildman–Crippen LogP) is 0.0884. The molecule has 0 spiro atoms. The van der Waals surface area contributed by atoms with E-state index in [0.29, 0.717) is 23.5 Å². The van der Waals surface area contributed by atoms with E-state index in [1.807, 2.05) is 6.92 Å². The lowest BCUT2D eigenvalue weighted by Crippen LogP contribution is -2.14. The lowest BCUT2D eigenvalue weighted by Gasteiger charge is -2.00. The van der Waals surface area contributed by atoms with Crippen LogP contribution in [0, 0.1) is 0 Å². The Bertz CT molecular complexity index is 512. The first kappa shape index (κ1) is 8.74. The quantitative estimate of drug-likeness (QED) is 0.708. The zero-order chi connectivity index (χ0) is 10.1. The molecule has 0 fully saturated rings. The SMILES string of the molecule is CCNc1nc2cnn(C)c2c(=O)[nH]1. The maximum Gasteiger partial charge on any atom is 0.278 e. The van der Waals surface area contributed by atoms with Gasteiger partial charge in [-0.15, -0.1) is 0 Å². The molecule has 0 bridgehead atoms. The van der Waals surface area contributed by atoms with Gasteiger partial charge in [0, 0.05) is 13.6 Å². The molecule has 2 rings (SSSR count). The minimum Gasteiger partial charge on any atom is -0.356 e. The molecule has 0 aromatic carbocycles. The highest BCUT2D eigenvalue weighted by Gasteiger charge is 2.06. The Labute approximate surface area is 80.0 Å². The second-order valence-corrected chi connectivity index (χ2v) is 2.95. The van der Waals surface area contributed by atoms with Gasteiger partial charge in [-0.2, -0.15) is 5.10 Å². The summed E-state index contributed by atoms with van der Waals surface area (Å²) in [5.74, 6) is 0.484. The highest BCUT2D eigenvalue weighted by molar-refractivity contribution is 5.73. The van der Waals surface area contributed by atoms with E-state index in [1.165, 1.54) is 4.68 Å². The monoisotopic (exact) mass is 193 g/mol. The minimum atomic E-state index is -0.175. The fraction of sp³-hybridized carbons (Fsp3) is 0.375. The van der Waals surface area contributed by atoms with Gasteiger partial charge in [-0.3, -0.25) is 14.5 Å². The summed E-state index contributed by atoms with van der Waals surface area (Å²) in [7, 11) is 1.71. The number of nitrogens with zero attached hydrogens (tertiary/aromatic N) is 3. The molecule has 14 heavy (non-hydrogen) atoms. The second kappa shape index (κ2) is 3.13. The maximum atomic E-state index is 11.6. The topological polar surface area (TPSA) is 75.6 Å². The number of H-pyrrole nitrogens is 1. The molecule has 0 saturated carbocycles. The van der Waals surface area contributed by atoms with Gasteiger partial charge in [0.25, 0.3) is 5.56 Å². The van der Waals surface area contributed by atoms with Crippen molar-refractivity contribution >= 4 is 17.0 Å². The molecule has 0 radical (unpaired) electrons. The van der Waals surface area contributed by atoms with Gasteiger partial charge < -0.3 is 5.32 Å². The van der Waals surface area contributed by atoms with Gasteiger partial charge in [-0.05, 0) is 6.92 Å². The van der Waals surface area contributed by atoms with Gasteiger partial charge in [0.15, 0.2) is 5.52 Å². The van der Waals surface area contributed by atoms with Gasteiger partial charge in [0.2, 0.25) is 5.95 Å². The Morgan fingerprint density at radius 2 is 2.43 bits per heavy atom. The van der Waals surface area contributed by atoms with Crippen LogP contribution in [0.4, 0.5) is 5.95 Å². The molecule has 0 atom stereocenters. The molecule has 0 aliphatic carbocycles. The summed E-state index contributed by atoms with van der Waals surface area (Å²) < 4.78 is 1.51. The smallest absolute Gasteiger partial charge is 0.278 e. The molecule has 2 aromatic heterocycles. The maximum absolute atomic E-state index is 11.6. The molecule has 0 saturated heterocycles. The molecule has 0 aliphatic rings. The van der Waals surface area contributed by atoms with E-state index in [2.05, 4.69) is 20.4 Å². The van der Waals surface area contributed by atoms with Crippen molar-refractivity contribution in [2.45, 2.75) is 6.92 Å². The molecular weight excluding hydrogens is 182 g/mol. The van der Waals surface area contributed by atoms with Gasteiger partial charge in [0.05, 0.1) is 6.20 Å². The van der Waals surface area contributed by atoms with Crippen LogP contribution in [0.5, 0.6) is 0 Å². The normalized spacial score (nSPS) is 10.7. The largest absolute Gasteiger partial charge is 0.356 e. The van der Waals surface area contributed by atoms with Gasteiger partial charge in [0.1, 0.15) is 5.52 Å². The Kier molecular flexibility index (Phi) is 1.95. The third-order valence-corrected chi connectivity index (χ3v) is 1.94. The van der Waals surface area contributed by atoms with Crippen molar-refractivity contribution in [1.82, 2.24) is 19.7 Å². The van der Waals surface area contributed by atoms with Crippen molar-refractivity contribution < 1.29 is 0 Å². The molecule has 6 heteroatoms. The molecule has 74 valence electrons. The van der Waals surface area contributed by atoms with Gasteiger partial charge in [-0.1, -0.05) is 0 Å². The summed E-state index contributed by atoms with van der Waals surface area (Å²) in [4.78, 5) is 18.4. The summed E-state index contributed by atoms with van der Waals surface area (Å²) in [6, 6.07) is 0. The zero-order valence-electron chi connectivity index (χ0n) is 8.03. The molecular formula is C8H11N5O. The Morgan fingerprint density at radius 3 is 3.14 bits per heavy atom. The number of hydrogen-bond donors (Lipinski definition) is 2. The van der Waals surface area contributed by atoms with Crippen LogP contribution >= 0.6 is 0 Å². The first-order valence-electron chi connectivity index (χ1n) is 4.38. The fourth-order valence-corrected chi connectivity index (χ4v) is 1.34. The van der Waals surface area contributed by atoms with Crippen LogP contribution < -0.4 is 10.9 Å². The van der Waals surface area contributed by atoms with Crippen molar-refractivity contribution in [1.29, 1.82) is 0 Å². The number of rotatable bonds is 2. The van der Waals surface area contributed by atoms with E-state index >= 15 is 0 Å². The Morgan fingerprint density at radius 1 is 1.64 bits per heavy atom. The number of nitrogens with one attached hydrogen (secondary N) is 2. The number of anilines is 1. The van der Waals surface area contributed by atoms with Crippen LogP contribution in [0.2, 0.25) is 0 Å². The van der Waals surface area contributed by atoms with Crippen LogP contribution in [0.3, 0.4) is 0 Å². The molecule has 0 amide bonds. The van der Waals surface area contributed by atoms with E-state index in [0.717, 1.165) is 0 Å². The standard InChI is InChI=1S/C8H11N5O/c1-3-9-8-11-5-4-10-13(2)6(5)7(14)12-8/h4H,3H2,1-2H3,(H2,9,11,12,14). The van der Waals surface area contributed by atoms with E-state index in [4.69, 9.17) is 0 Å². The minimum absolute atomic E-state index is 0.175. The van der Waals surface area contributed by atoms with E-state index in [1.54, 1.807) is 13.2 Å². The second-order valence-electron chi connectivity index (χ2n) is 2.95. The number of aromatic nitrogens is 4. The first-order chi connectivity index (χ1) is 6.72. The number of hydrogen-bond acceptors (Lipinski definition) is 4. The lowest BCUT2D eigenvalue weighted by atomic mass is 10.4. The third-order valence-electron chi connectivity index (χ3n) is 1.94. The molecule has 2 aromatic rings. The molecule has 6 nitrogen and oxygen atoms in total. The molecule has 2 N–H and O–H groups in total. The Balaban J connectivity index is 2.68. The summed E-state index contributed by atoms with van der Waals surface area (Å²) in [5, 5.41) is 6.91. The molecule has 0 unspecified atom stereocenters. The van der Waals surface area contributed by atoms with Crippen LogP contribution in [0.25, 0.3) is 11.0 Å². The van der Waals surface area contributed by atoms with Crippen LogP contribution in [0.1, 0.15) is 6.92 Å². The summed E-state index contributed by atoms with van der Waals surface area (Å²) >= 11 is 0. The van der Waals surface area contributed by atoms with Crippen molar-refractivity contribution in [2.75, 3.05) is 11.9 Å². The van der Waals surface area contributed by atoms with Gasteiger partial charge >= 0.3 is 0 Å². The fourth-order valence-electron chi connectivity index (χ4n) is 1.34. The number of aromatic amines is 1. The predicted molar refractivity (Wildman–Crippen MR) is 53.3 cm³/mol. The molecule has 2 heterocycles. The van der Waals surface area contributed by atoms with Gasteiger partial charge in [-0.25, -0.2) is 4.98 Å². The van der Waals surface area contributed by atoms with Crippen molar-refractivity contribution in [3.05, 3.63) is 16.6 Å². The highest BCUT2D eigenvalue weighted by atomic mass is 16.1. The van der Waals surface area contributed by atoms with E-state index in [9.17, 15) is 4.79 Å². The average molecular weight is 193 g/mol. The van der Waals surface area contributed by atoms with E-state index in [-0.39, 0.29) is 5.56 Å². The number of fused-ring (bicyclic) bond motifs is 1. The number of aryl methyl sites for hydroxylation is 1. The van der Waals surface area contributed by atoms with Crippen LogP contribution in [-0.4, -0.2) is 26.3 Å². The van der Waals surface area contributed by atoms with E-state index < -0.39 is 0 Å². The van der Waals surface area contributed by atoms with Crippen molar-refractivity contribution in [2.24, 2.45) is 7.05 Å². The van der Waals surface area contributed by atoms with Crippen LogP contribution in [-0.2, 0) is 7.05 Å². The summed E-state index contributed by atoms with van der Waals surface area (Å²) in [5.41, 5.74) is 0.921. The Hall–Kier alpha value is -1.85. The lowest BCUT2D eigenvalue weighted by molar-refractivity contribution is 0.792. The van der Waals surface area contributed by atoms with Crippen molar-refractivity contribution in [3.8, 4) is 0 Å². The third kappa shape index (κ3) is 1.24. The molecule has 0 aliphatic heterocycles. The summed E-state index contributed by atoms with van der Waals surface area (Å²) in [6.07, 6.45) is 1.57. The van der Waals surface area contributed by atoms with Crippen LogP contribution in [0.15, 0.2) is 11.0 Å².